The zero-order valence-electron chi connectivity index (χ0n) is 4.88. The van der Waals surface area contributed by atoms with Crippen LogP contribution in [0.3, 0.4) is 0 Å². The second-order valence-corrected chi connectivity index (χ2v) is 3.25. The molecule has 1 rings (SSSR count). The van der Waals surface area contributed by atoms with E-state index >= 15 is 0 Å². The van der Waals surface area contributed by atoms with Crippen LogP contribution < -0.4 is 5.30 Å². The summed E-state index contributed by atoms with van der Waals surface area (Å²) >= 11 is 0. The molecule has 0 aromatic carbocycles. The number of hydrogen-bond donors (Lipinski definition) is 2. The van der Waals surface area contributed by atoms with Crippen molar-refractivity contribution in [2.45, 2.75) is 0 Å². The molecule has 0 fully saturated rings. The summed E-state index contributed by atoms with van der Waals surface area (Å²) in [6.07, 6.45) is 3.39. The van der Waals surface area contributed by atoms with Gasteiger partial charge in [0.15, 0.2) is 0 Å². The predicted octanol–water partition coefficient (Wildman–Crippen LogP) is -0.720. The van der Waals surface area contributed by atoms with Gasteiger partial charge in [-0.1, -0.05) is 0 Å². The highest BCUT2D eigenvalue weighted by Crippen LogP contribution is 2.31. The number of rotatable bonds is 1. The molecule has 1 aromatic heterocycles. The van der Waals surface area contributed by atoms with Crippen LogP contribution in [0.25, 0.3) is 0 Å². The van der Waals surface area contributed by atoms with E-state index in [1.54, 1.807) is 0 Å². The van der Waals surface area contributed by atoms with Crippen LogP contribution in [0.4, 0.5) is 0 Å². The van der Waals surface area contributed by atoms with E-state index in [4.69, 9.17) is 9.79 Å². The van der Waals surface area contributed by atoms with Gasteiger partial charge >= 0.3 is 7.60 Å². The molecule has 0 bridgehead atoms. The van der Waals surface area contributed by atoms with Crippen LogP contribution >= 0.6 is 7.60 Å². The lowest BCUT2D eigenvalue weighted by Gasteiger charge is -1.99. The summed E-state index contributed by atoms with van der Waals surface area (Å²) in [4.78, 5) is 23.9. The molecule has 54 valence electrons. The largest absolute Gasteiger partial charge is 0.359 e. The van der Waals surface area contributed by atoms with Crippen LogP contribution in [0.1, 0.15) is 0 Å². The molecule has 0 saturated carbocycles. The average Bonchev–Trinajstić information content (AvgIpc) is 1.88. The van der Waals surface area contributed by atoms with Gasteiger partial charge in [0.2, 0.25) is 0 Å². The Balaban J connectivity index is 3.09. The van der Waals surface area contributed by atoms with Crippen molar-refractivity contribution in [3.05, 3.63) is 18.7 Å². The first kappa shape index (κ1) is 7.34. The van der Waals surface area contributed by atoms with Gasteiger partial charge in [0.05, 0.1) is 0 Å². The monoisotopic (exact) mass is 160 g/mol. The fourth-order valence-corrected chi connectivity index (χ4v) is 0.876. The van der Waals surface area contributed by atoms with Crippen molar-refractivity contribution in [3.8, 4) is 0 Å². The van der Waals surface area contributed by atoms with E-state index < -0.39 is 7.60 Å². The molecule has 0 aliphatic rings. The molecule has 1 heterocycles. The second-order valence-electron chi connectivity index (χ2n) is 1.64. The van der Waals surface area contributed by atoms with Crippen LogP contribution in [0.2, 0.25) is 0 Å². The van der Waals surface area contributed by atoms with Crippen molar-refractivity contribution in [1.29, 1.82) is 0 Å². The molecule has 6 heteroatoms. The molecule has 0 saturated heterocycles. The third-order valence-electron chi connectivity index (χ3n) is 0.883. The van der Waals surface area contributed by atoms with Crippen LogP contribution in [0.5, 0.6) is 0 Å². The Morgan fingerprint density at radius 2 is 1.80 bits per heavy atom. The maximum Gasteiger partial charge on any atom is 0.359 e. The van der Waals surface area contributed by atoms with E-state index in [1.807, 2.05) is 0 Å². The fraction of sp³-hybridized carbons (Fsp3) is 0. The molecule has 0 radical (unpaired) electrons. The van der Waals surface area contributed by atoms with Gasteiger partial charge in [-0.3, -0.25) is 4.57 Å². The third kappa shape index (κ3) is 1.60. The van der Waals surface area contributed by atoms with E-state index in [1.165, 1.54) is 6.33 Å². The minimum absolute atomic E-state index is 0.157. The molecule has 1 aromatic rings. The summed E-state index contributed by atoms with van der Waals surface area (Å²) < 4.78 is 10.4. The van der Waals surface area contributed by atoms with Crippen LogP contribution in [0.15, 0.2) is 18.7 Å². The summed E-state index contributed by atoms with van der Waals surface area (Å²) in [7, 11) is -4.14. The summed E-state index contributed by atoms with van der Waals surface area (Å²) in [5.74, 6) is 0. The van der Waals surface area contributed by atoms with Crippen molar-refractivity contribution in [3.63, 3.8) is 0 Å². The average molecular weight is 160 g/mol. The van der Waals surface area contributed by atoms with Crippen molar-refractivity contribution in [2.24, 2.45) is 0 Å². The molecular formula is C4H5N2O3P. The highest BCUT2D eigenvalue weighted by Gasteiger charge is 2.16. The van der Waals surface area contributed by atoms with E-state index in [0.717, 1.165) is 12.4 Å². The lowest BCUT2D eigenvalue weighted by molar-refractivity contribution is 0.387. The molecular weight excluding hydrogens is 155 g/mol. The molecule has 0 amide bonds. The Labute approximate surface area is 56.9 Å². The molecule has 5 nitrogen and oxygen atoms in total. The first-order chi connectivity index (χ1) is 4.61. The standard InChI is InChI=1S/C4H5N2O3P/c7-10(8,9)4-1-5-3-6-2-4/h1-3H,(H2,7,8,9). The molecule has 0 spiro atoms. The van der Waals surface area contributed by atoms with E-state index in [9.17, 15) is 4.57 Å². The molecule has 0 aliphatic heterocycles. The van der Waals surface area contributed by atoms with Crippen molar-refractivity contribution < 1.29 is 14.4 Å². The highest BCUT2D eigenvalue weighted by molar-refractivity contribution is 7.60. The SMILES string of the molecule is O=P(O)(O)c1cncnc1. The van der Waals surface area contributed by atoms with Gasteiger partial charge in [-0.2, -0.15) is 0 Å². The maximum atomic E-state index is 10.4. The minimum atomic E-state index is -4.14. The summed E-state index contributed by atoms with van der Waals surface area (Å²) in [5, 5.41) is -0.157. The molecule has 0 aliphatic carbocycles. The Kier molecular flexibility index (Phi) is 1.80. The molecule has 0 atom stereocenters. The van der Waals surface area contributed by atoms with E-state index in [2.05, 4.69) is 9.97 Å². The first-order valence-corrected chi connectivity index (χ1v) is 4.03. The van der Waals surface area contributed by atoms with Crippen LogP contribution in [-0.2, 0) is 4.57 Å². The molecule has 10 heavy (non-hydrogen) atoms. The Morgan fingerprint density at radius 1 is 1.30 bits per heavy atom. The van der Waals surface area contributed by atoms with Crippen LogP contribution in [0, 0.1) is 0 Å². The third-order valence-corrected chi connectivity index (χ3v) is 1.79. The highest BCUT2D eigenvalue weighted by atomic mass is 31.2. The lowest BCUT2D eigenvalue weighted by Crippen LogP contribution is -2.04. The quantitative estimate of drug-likeness (QED) is 0.529. The molecule has 2 N–H and O–H groups in total. The minimum Gasteiger partial charge on any atom is -0.321 e. The van der Waals surface area contributed by atoms with Gasteiger partial charge in [-0.05, 0) is 0 Å². The van der Waals surface area contributed by atoms with Crippen molar-refractivity contribution in [2.75, 3.05) is 0 Å². The van der Waals surface area contributed by atoms with E-state index in [-0.39, 0.29) is 5.30 Å². The zero-order chi connectivity index (χ0) is 7.61. The van der Waals surface area contributed by atoms with Gasteiger partial charge in [0.1, 0.15) is 11.6 Å². The topological polar surface area (TPSA) is 83.3 Å². The van der Waals surface area contributed by atoms with E-state index in [0.29, 0.717) is 0 Å². The smallest absolute Gasteiger partial charge is 0.321 e. The Hall–Kier alpha value is -0.770. The van der Waals surface area contributed by atoms with Crippen LogP contribution in [-0.4, -0.2) is 19.8 Å². The number of aromatic nitrogens is 2. The summed E-state index contributed by atoms with van der Waals surface area (Å²) in [5.41, 5.74) is 0. The van der Waals surface area contributed by atoms with Gasteiger partial charge in [0.25, 0.3) is 0 Å². The summed E-state index contributed by atoms with van der Waals surface area (Å²) in [6.45, 7) is 0. The first-order valence-electron chi connectivity index (χ1n) is 2.42. The predicted molar refractivity (Wildman–Crippen MR) is 33.7 cm³/mol. The van der Waals surface area contributed by atoms with Crippen molar-refractivity contribution in [1.82, 2.24) is 9.97 Å². The lowest BCUT2D eigenvalue weighted by atomic mass is 10.7. The molecule has 0 unspecified atom stereocenters. The number of nitrogens with zero attached hydrogens (tertiary/aromatic N) is 2. The zero-order valence-corrected chi connectivity index (χ0v) is 5.77. The number of hydrogen-bond acceptors (Lipinski definition) is 3. The van der Waals surface area contributed by atoms with Gasteiger partial charge < -0.3 is 9.79 Å². The van der Waals surface area contributed by atoms with Crippen molar-refractivity contribution >= 4 is 12.9 Å². The summed E-state index contributed by atoms with van der Waals surface area (Å²) in [6, 6.07) is 0. The fourth-order valence-electron chi connectivity index (χ4n) is 0.442. The Morgan fingerprint density at radius 3 is 2.10 bits per heavy atom. The van der Waals surface area contributed by atoms with Gasteiger partial charge in [-0.25, -0.2) is 9.97 Å². The normalized spacial score (nSPS) is 11.4. The second kappa shape index (κ2) is 2.46. The maximum absolute atomic E-state index is 10.4. The van der Waals surface area contributed by atoms with Gasteiger partial charge in [0, 0.05) is 12.4 Å². The Bertz CT molecular complexity index is 256. The van der Waals surface area contributed by atoms with Gasteiger partial charge in [-0.15, -0.1) is 0 Å².